The summed E-state index contributed by atoms with van der Waals surface area (Å²) in [5.74, 6) is 0.390. The zero-order chi connectivity index (χ0) is 19.3. The first-order chi connectivity index (χ1) is 12.3. The van der Waals surface area contributed by atoms with Crippen LogP contribution in [0.1, 0.15) is 24.3 Å². The van der Waals surface area contributed by atoms with Crippen LogP contribution in [-0.4, -0.2) is 87.6 Å². The van der Waals surface area contributed by atoms with Gasteiger partial charge in [0.25, 0.3) is 12.4 Å². The first kappa shape index (κ1) is 20.3. The topological polar surface area (TPSA) is 127 Å². The lowest BCUT2D eigenvalue weighted by Crippen LogP contribution is -2.54. The van der Waals surface area contributed by atoms with Crippen molar-refractivity contribution in [2.24, 2.45) is 5.92 Å². The SMILES string of the molecule is Cc1cc(C[C@@H]2CN(C(=O)C3(O)CCN(C)CC3)C[C@H]2O)on1.O=CO. The molecule has 0 spiro atoms. The van der Waals surface area contributed by atoms with E-state index in [2.05, 4.69) is 10.1 Å². The average Bonchev–Trinajstić information content (AvgIpc) is 3.17. The van der Waals surface area contributed by atoms with Crippen molar-refractivity contribution in [1.82, 2.24) is 15.0 Å². The molecule has 1 amide bonds. The smallest absolute Gasteiger partial charge is 0.290 e. The molecule has 3 rings (SSSR count). The molecule has 3 N–H and O–H groups in total. The van der Waals surface area contributed by atoms with Crippen LogP contribution in [0, 0.1) is 12.8 Å². The number of carbonyl (C=O) groups is 2. The van der Waals surface area contributed by atoms with E-state index in [9.17, 15) is 15.0 Å². The van der Waals surface area contributed by atoms with E-state index in [0.29, 0.717) is 38.9 Å². The van der Waals surface area contributed by atoms with Gasteiger partial charge >= 0.3 is 0 Å². The maximum absolute atomic E-state index is 12.7. The molecule has 0 bridgehead atoms. The molecule has 26 heavy (non-hydrogen) atoms. The number of likely N-dealkylation sites (tertiary alicyclic amines) is 2. The molecule has 2 atom stereocenters. The van der Waals surface area contributed by atoms with Crippen molar-refractivity contribution in [3.05, 3.63) is 17.5 Å². The molecule has 0 aliphatic carbocycles. The number of β-amino-alcohol motifs (C(OH)–C–C–N with tert-alkyl or cyclic N) is 1. The van der Waals surface area contributed by atoms with Gasteiger partial charge in [-0.05, 0) is 26.8 Å². The molecule has 9 nitrogen and oxygen atoms in total. The quantitative estimate of drug-likeness (QED) is 0.609. The molecule has 146 valence electrons. The highest BCUT2D eigenvalue weighted by Gasteiger charge is 2.45. The summed E-state index contributed by atoms with van der Waals surface area (Å²) >= 11 is 0. The summed E-state index contributed by atoms with van der Waals surface area (Å²) in [7, 11) is 1.99. The van der Waals surface area contributed by atoms with E-state index < -0.39 is 11.7 Å². The Morgan fingerprint density at radius 1 is 1.42 bits per heavy atom. The van der Waals surface area contributed by atoms with Crippen LogP contribution in [-0.2, 0) is 16.0 Å². The predicted molar refractivity (Wildman–Crippen MR) is 91.4 cm³/mol. The number of aryl methyl sites for hydroxylation is 1. The van der Waals surface area contributed by atoms with Crippen LogP contribution in [0.25, 0.3) is 0 Å². The summed E-state index contributed by atoms with van der Waals surface area (Å²) < 4.78 is 5.20. The zero-order valence-corrected chi connectivity index (χ0v) is 15.2. The Bertz CT molecular complexity index is 611. The third-order valence-electron chi connectivity index (χ3n) is 5.05. The summed E-state index contributed by atoms with van der Waals surface area (Å²) in [5, 5.41) is 31.6. The standard InChI is InChI=1S/C16H25N3O4.CH2O2/c1-11-7-13(23-17-11)8-12-9-19(10-14(12)20)15(21)16(22)3-5-18(2)6-4-16;2-1-3/h7,12,14,20,22H,3-6,8-10H2,1-2H3;1H,(H,2,3)/t12-,14-;/m1./s1. The highest BCUT2D eigenvalue weighted by atomic mass is 16.5. The molecule has 2 saturated heterocycles. The normalized spacial score (nSPS) is 25.5. The van der Waals surface area contributed by atoms with E-state index >= 15 is 0 Å². The molecular weight excluding hydrogens is 342 g/mol. The third kappa shape index (κ3) is 4.80. The third-order valence-corrected chi connectivity index (χ3v) is 5.05. The van der Waals surface area contributed by atoms with Gasteiger partial charge in [0, 0.05) is 44.6 Å². The number of nitrogens with zero attached hydrogens (tertiary/aromatic N) is 3. The van der Waals surface area contributed by atoms with Crippen molar-refractivity contribution in [3.8, 4) is 0 Å². The van der Waals surface area contributed by atoms with Crippen LogP contribution in [0.15, 0.2) is 10.6 Å². The van der Waals surface area contributed by atoms with E-state index in [1.807, 2.05) is 20.0 Å². The van der Waals surface area contributed by atoms with Crippen molar-refractivity contribution in [3.63, 3.8) is 0 Å². The predicted octanol–water partition coefficient (Wildman–Crippen LogP) is -0.498. The zero-order valence-electron chi connectivity index (χ0n) is 15.2. The van der Waals surface area contributed by atoms with Gasteiger partial charge in [0.15, 0.2) is 0 Å². The molecule has 1 aromatic rings. The maximum Gasteiger partial charge on any atom is 0.290 e. The highest BCUT2D eigenvalue weighted by molar-refractivity contribution is 5.85. The fourth-order valence-corrected chi connectivity index (χ4v) is 3.49. The number of hydrogen-bond acceptors (Lipinski definition) is 7. The minimum atomic E-state index is -1.29. The number of aromatic nitrogens is 1. The van der Waals surface area contributed by atoms with Gasteiger partial charge in [-0.3, -0.25) is 9.59 Å². The fourth-order valence-electron chi connectivity index (χ4n) is 3.49. The van der Waals surface area contributed by atoms with Gasteiger partial charge in [-0.25, -0.2) is 0 Å². The summed E-state index contributed by atoms with van der Waals surface area (Å²) in [5.41, 5.74) is -0.481. The van der Waals surface area contributed by atoms with Crippen molar-refractivity contribution >= 4 is 12.4 Å². The highest BCUT2D eigenvalue weighted by Crippen LogP contribution is 2.28. The Kier molecular flexibility index (Phi) is 6.74. The molecule has 1 aromatic heterocycles. The second kappa shape index (κ2) is 8.61. The molecule has 9 heteroatoms. The number of amides is 1. The lowest BCUT2D eigenvalue weighted by atomic mass is 9.90. The van der Waals surface area contributed by atoms with Gasteiger partial charge in [0.05, 0.1) is 11.8 Å². The van der Waals surface area contributed by atoms with Gasteiger partial charge < -0.3 is 29.6 Å². The van der Waals surface area contributed by atoms with Crippen LogP contribution >= 0.6 is 0 Å². The minimum Gasteiger partial charge on any atom is -0.483 e. The molecule has 0 saturated carbocycles. The molecule has 2 fully saturated rings. The van der Waals surface area contributed by atoms with Gasteiger partial charge in [0.2, 0.25) is 0 Å². The van der Waals surface area contributed by atoms with Gasteiger partial charge in [-0.15, -0.1) is 0 Å². The second-order valence-corrected chi connectivity index (χ2v) is 7.12. The number of rotatable bonds is 3. The van der Waals surface area contributed by atoms with Crippen molar-refractivity contribution in [2.75, 3.05) is 33.2 Å². The number of aliphatic hydroxyl groups is 2. The molecule has 0 unspecified atom stereocenters. The first-order valence-corrected chi connectivity index (χ1v) is 8.67. The van der Waals surface area contributed by atoms with Crippen LogP contribution in [0.3, 0.4) is 0 Å². The van der Waals surface area contributed by atoms with Gasteiger partial charge in [-0.2, -0.15) is 0 Å². The minimum absolute atomic E-state index is 0.0823. The molecule has 3 heterocycles. The molecule has 2 aliphatic rings. The average molecular weight is 369 g/mol. The number of piperidine rings is 1. The van der Waals surface area contributed by atoms with E-state index in [-0.39, 0.29) is 24.8 Å². The monoisotopic (exact) mass is 369 g/mol. The van der Waals surface area contributed by atoms with Crippen molar-refractivity contribution in [2.45, 2.75) is 37.9 Å². The van der Waals surface area contributed by atoms with E-state index in [1.54, 1.807) is 4.90 Å². The Balaban J connectivity index is 0.000000758. The number of aliphatic hydroxyl groups excluding tert-OH is 1. The van der Waals surface area contributed by atoms with Gasteiger partial charge in [0.1, 0.15) is 11.4 Å². The van der Waals surface area contributed by atoms with Gasteiger partial charge in [-0.1, -0.05) is 5.16 Å². The van der Waals surface area contributed by atoms with Crippen LogP contribution in [0.5, 0.6) is 0 Å². The number of hydrogen-bond donors (Lipinski definition) is 3. The molecule has 2 aliphatic heterocycles. The summed E-state index contributed by atoms with van der Waals surface area (Å²) in [6.07, 6.45) is 0.841. The summed E-state index contributed by atoms with van der Waals surface area (Å²) in [6, 6.07) is 1.85. The largest absolute Gasteiger partial charge is 0.483 e. The lowest BCUT2D eigenvalue weighted by molar-refractivity contribution is -0.155. The molecule has 0 aromatic carbocycles. The van der Waals surface area contributed by atoms with Crippen LogP contribution in [0.2, 0.25) is 0 Å². The first-order valence-electron chi connectivity index (χ1n) is 8.67. The molecular formula is C17H27N3O6. The Labute approximate surface area is 152 Å². The van der Waals surface area contributed by atoms with Crippen LogP contribution in [0.4, 0.5) is 0 Å². The van der Waals surface area contributed by atoms with Crippen LogP contribution < -0.4 is 0 Å². The molecule has 0 radical (unpaired) electrons. The maximum atomic E-state index is 12.7. The van der Waals surface area contributed by atoms with E-state index in [4.69, 9.17) is 14.4 Å². The Morgan fingerprint density at radius 3 is 2.58 bits per heavy atom. The lowest BCUT2D eigenvalue weighted by Gasteiger charge is -2.37. The van der Waals surface area contributed by atoms with E-state index in [0.717, 1.165) is 11.5 Å². The van der Waals surface area contributed by atoms with E-state index in [1.165, 1.54) is 0 Å². The Hall–Kier alpha value is -1.97. The second-order valence-electron chi connectivity index (χ2n) is 7.12. The van der Waals surface area contributed by atoms with Crippen molar-refractivity contribution in [1.29, 1.82) is 0 Å². The van der Waals surface area contributed by atoms with Crippen molar-refractivity contribution < 1.29 is 29.4 Å². The fraction of sp³-hybridized carbons (Fsp3) is 0.706. The number of carbonyl (C=O) groups excluding carboxylic acids is 1. The number of carboxylic acid groups (broad SMARTS) is 1. The summed E-state index contributed by atoms with van der Waals surface area (Å²) in [4.78, 5) is 24.8. The Morgan fingerprint density at radius 2 is 2.04 bits per heavy atom. The summed E-state index contributed by atoms with van der Waals surface area (Å²) in [6.45, 7) is 3.73.